The van der Waals surface area contributed by atoms with Crippen molar-refractivity contribution in [1.82, 2.24) is 10.3 Å². The number of hydrogen-bond donors (Lipinski definition) is 3. The van der Waals surface area contributed by atoms with Crippen LogP contribution in [0.25, 0.3) is 10.9 Å². The summed E-state index contributed by atoms with van der Waals surface area (Å²) in [6.45, 7) is 6.39. The van der Waals surface area contributed by atoms with Crippen molar-refractivity contribution in [2.75, 3.05) is 29.6 Å². The van der Waals surface area contributed by atoms with E-state index in [-0.39, 0.29) is 0 Å². The molecule has 0 aliphatic heterocycles. The molecule has 0 amide bonds. The number of nitrogens with one attached hydrogen (secondary N) is 3. The molecule has 2 aromatic carbocycles. The largest absolute Gasteiger partial charge is 0.377 e. The summed E-state index contributed by atoms with van der Waals surface area (Å²) in [6, 6.07) is 15.7. The second-order valence-electron chi connectivity index (χ2n) is 9.50. The molecule has 1 fully saturated rings. The standard InChI is InChI=1S/C27H35N5S/c1-17-14-18(2)26(19(3)15-17)31-27(33)29-21-12-10-20(11-13-21)28-25-16-24(32(4)5)22-8-6-7-9-23(22)30-25/h6-9,14-16,20-21H,10-13H2,1-5H3,(H,28,30)(H2,29,31,33)/t20-,21+. The molecule has 6 heteroatoms. The minimum Gasteiger partial charge on any atom is -0.377 e. The summed E-state index contributed by atoms with van der Waals surface area (Å²) in [7, 11) is 4.16. The fourth-order valence-corrected chi connectivity index (χ4v) is 5.17. The van der Waals surface area contributed by atoms with Crippen molar-refractivity contribution in [1.29, 1.82) is 0 Å². The molecule has 4 rings (SSSR count). The second-order valence-corrected chi connectivity index (χ2v) is 9.91. The smallest absolute Gasteiger partial charge is 0.171 e. The van der Waals surface area contributed by atoms with Crippen molar-refractivity contribution in [2.24, 2.45) is 0 Å². The van der Waals surface area contributed by atoms with Crippen molar-refractivity contribution in [3.05, 3.63) is 59.2 Å². The lowest BCUT2D eigenvalue weighted by Gasteiger charge is -2.31. The van der Waals surface area contributed by atoms with E-state index in [0.717, 1.165) is 42.7 Å². The summed E-state index contributed by atoms with van der Waals surface area (Å²) < 4.78 is 0. The first-order valence-corrected chi connectivity index (χ1v) is 12.2. The maximum absolute atomic E-state index is 5.63. The van der Waals surface area contributed by atoms with Gasteiger partial charge in [0.25, 0.3) is 0 Å². The highest BCUT2D eigenvalue weighted by molar-refractivity contribution is 7.80. The Bertz CT molecular complexity index is 1130. The molecule has 0 spiro atoms. The summed E-state index contributed by atoms with van der Waals surface area (Å²) in [5, 5.41) is 12.6. The lowest BCUT2D eigenvalue weighted by atomic mass is 9.91. The average molecular weight is 462 g/mol. The minimum absolute atomic E-state index is 0.399. The van der Waals surface area contributed by atoms with Crippen LogP contribution < -0.4 is 20.9 Å². The number of aromatic nitrogens is 1. The van der Waals surface area contributed by atoms with Gasteiger partial charge in [0, 0.05) is 49.0 Å². The zero-order valence-electron chi connectivity index (χ0n) is 20.3. The normalized spacial score (nSPS) is 18.1. The van der Waals surface area contributed by atoms with Crippen LogP contribution in [0.5, 0.6) is 0 Å². The van der Waals surface area contributed by atoms with Gasteiger partial charge < -0.3 is 20.9 Å². The van der Waals surface area contributed by atoms with Gasteiger partial charge in [-0.05, 0) is 75.9 Å². The highest BCUT2D eigenvalue weighted by atomic mass is 32.1. The number of benzene rings is 2. The predicted octanol–water partition coefficient (Wildman–Crippen LogP) is 5.94. The first-order valence-electron chi connectivity index (χ1n) is 11.8. The third-order valence-corrected chi connectivity index (χ3v) is 6.73. The van der Waals surface area contributed by atoms with Gasteiger partial charge in [-0.15, -0.1) is 0 Å². The van der Waals surface area contributed by atoms with Crippen molar-refractivity contribution in [3.63, 3.8) is 0 Å². The van der Waals surface area contributed by atoms with Crippen molar-refractivity contribution in [2.45, 2.75) is 58.5 Å². The van der Waals surface area contributed by atoms with Crippen LogP contribution in [-0.2, 0) is 0 Å². The van der Waals surface area contributed by atoms with E-state index in [4.69, 9.17) is 17.2 Å². The fraction of sp³-hybridized carbons (Fsp3) is 0.407. The number of anilines is 3. The first kappa shape index (κ1) is 23.3. The fourth-order valence-electron chi connectivity index (χ4n) is 4.90. The molecular weight excluding hydrogens is 426 g/mol. The van der Waals surface area contributed by atoms with E-state index >= 15 is 0 Å². The highest BCUT2D eigenvalue weighted by Crippen LogP contribution is 2.29. The Morgan fingerprint density at radius 1 is 0.939 bits per heavy atom. The van der Waals surface area contributed by atoms with Gasteiger partial charge in [0.1, 0.15) is 5.82 Å². The van der Waals surface area contributed by atoms with Gasteiger partial charge in [-0.25, -0.2) is 4.98 Å². The molecule has 1 saturated carbocycles. The van der Waals surface area contributed by atoms with Gasteiger partial charge in [-0.2, -0.15) is 0 Å². The van der Waals surface area contributed by atoms with Crippen LogP contribution in [-0.4, -0.2) is 36.3 Å². The number of para-hydroxylation sites is 1. The average Bonchev–Trinajstić information content (AvgIpc) is 2.77. The van der Waals surface area contributed by atoms with Crippen LogP contribution in [0.1, 0.15) is 42.4 Å². The van der Waals surface area contributed by atoms with Gasteiger partial charge in [-0.3, -0.25) is 0 Å². The van der Waals surface area contributed by atoms with Gasteiger partial charge >= 0.3 is 0 Å². The summed E-state index contributed by atoms with van der Waals surface area (Å²) in [6.07, 6.45) is 4.35. The lowest BCUT2D eigenvalue weighted by Crippen LogP contribution is -2.42. The summed E-state index contributed by atoms with van der Waals surface area (Å²) >= 11 is 5.63. The van der Waals surface area contributed by atoms with Crippen molar-refractivity contribution >= 4 is 45.4 Å². The van der Waals surface area contributed by atoms with Crippen molar-refractivity contribution in [3.8, 4) is 0 Å². The van der Waals surface area contributed by atoms with E-state index in [1.807, 2.05) is 6.07 Å². The second kappa shape index (κ2) is 9.96. The molecule has 3 aromatic rings. The molecule has 174 valence electrons. The van der Waals surface area contributed by atoms with E-state index in [9.17, 15) is 0 Å². The molecule has 1 aliphatic rings. The molecule has 33 heavy (non-hydrogen) atoms. The van der Waals surface area contributed by atoms with Crippen LogP contribution in [0.4, 0.5) is 17.2 Å². The van der Waals surface area contributed by atoms with Crippen molar-refractivity contribution < 1.29 is 0 Å². The number of hydrogen-bond acceptors (Lipinski definition) is 4. The third-order valence-electron chi connectivity index (χ3n) is 6.51. The quantitative estimate of drug-likeness (QED) is 0.409. The molecule has 5 nitrogen and oxygen atoms in total. The molecular formula is C27H35N5S. The van der Waals surface area contributed by atoms with E-state index in [0.29, 0.717) is 17.2 Å². The number of thiocarbonyl (C=S) groups is 1. The van der Waals surface area contributed by atoms with E-state index in [2.05, 4.69) is 92.1 Å². The zero-order valence-corrected chi connectivity index (χ0v) is 21.1. The van der Waals surface area contributed by atoms with Crippen LogP contribution in [0.15, 0.2) is 42.5 Å². The first-order chi connectivity index (χ1) is 15.8. The molecule has 3 N–H and O–H groups in total. The summed E-state index contributed by atoms with van der Waals surface area (Å²) in [4.78, 5) is 7.02. The number of fused-ring (bicyclic) bond motifs is 1. The van der Waals surface area contributed by atoms with Gasteiger partial charge in [0.05, 0.1) is 5.52 Å². The maximum atomic E-state index is 5.63. The Morgan fingerprint density at radius 3 is 2.24 bits per heavy atom. The van der Waals surface area contributed by atoms with Crippen LogP contribution in [0.3, 0.4) is 0 Å². The number of rotatable bonds is 5. The Balaban J connectivity index is 1.34. The monoisotopic (exact) mass is 461 g/mol. The highest BCUT2D eigenvalue weighted by Gasteiger charge is 2.22. The Labute approximate surface area is 203 Å². The molecule has 0 atom stereocenters. The molecule has 0 unspecified atom stereocenters. The summed E-state index contributed by atoms with van der Waals surface area (Å²) in [5.74, 6) is 0.955. The van der Waals surface area contributed by atoms with E-state index < -0.39 is 0 Å². The van der Waals surface area contributed by atoms with Gasteiger partial charge in [-0.1, -0.05) is 35.9 Å². The maximum Gasteiger partial charge on any atom is 0.171 e. The molecule has 1 aliphatic carbocycles. The number of pyridine rings is 1. The number of aryl methyl sites for hydroxylation is 3. The lowest BCUT2D eigenvalue weighted by molar-refractivity contribution is 0.388. The Morgan fingerprint density at radius 2 is 1.58 bits per heavy atom. The van der Waals surface area contributed by atoms with E-state index in [1.54, 1.807) is 0 Å². The summed E-state index contributed by atoms with van der Waals surface area (Å²) in [5.41, 5.74) is 7.07. The van der Waals surface area contributed by atoms with Crippen LogP contribution >= 0.6 is 12.2 Å². The molecule has 0 saturated heterocycles. The van der Waals surface area contributed by atoms with Gasteiger partial charge in [0.2, 0.25) is 0 Å². The minimum atomic E-state index is 0.399. The van der Waals surface area contributed by atoms with Crippen LogP contribution in [0.2, 0.25) is 0 Å². The zero-order chi connectivity index (χ0) is 23.5. The van der Waals surface area contributed by atoms with Gasteiger partial charge in [0.15, 0.2) is 5.11 Å². The van der Waals surface area contributed by atoms with E-state index in [1.165, 1.54) is 27.8 Å². The molecule has 0 bridgehead atoms. The molecule has 1 aromatic heterocycles. The number of nitrogens with zero attached hydrogens (tertiary/aromatic N) is 2. The molecule has 1 heterocycles. The SMILES string of the molecule is Cc1cc(C)c(NC(=S)N[C@H]2CC[C@@H](Nc3cc(N(C)C)c4ccccc4n3)CC2)c(C)c1. The molecule has 0 radical (unpaired) electrons. The predicted molar refractivity (Wildman–Crippen MR) is 146 cm³/mol. The van der Waals surface area contributed by atoms with Crippen LogP contribution in [0, 0.1) is 20.8 Å². The topological polar surface area (TPSA) is 52.2 Å². The Kier molecular flexibility index (Phi) is 7.03. The Hall–Kier alpha value is -2.86. The third kappa shape index (κ3) is 5.56.